The highest BCUT2D eigenvalue weighted by Gasteiger charge is 2.15. The topological polar surface area (TPSA) is 112 Å². The standard InChI is InChI=1S/C22H15ClFN5O.C6H14N2O/c1-11-5-6-25-22(27-11)30-13-3-4-14(17(23)7-13)15-8-16-19(9-18(15)24)26-10-20-21(16)29-12(2)28-20;9-6-5-8-3-1-7-2-4-8/h3-10H,1-2H3,(H,28,29);7,9H,1-6H2. The molecule has 0 amide bonds. The molecule has 0 unspecified atom stereocenters. The molecule has 1 aliphatic heterocycles. The van der Waals surface area contributed by atoms with Crippen molar-refractivity contribution in [3.63, 3.8) is 0 Å². The van der Waals surface area contributed by atoms with Gasteiger partial charge in [0, 0.05) is 73.3 Å². The highest BCUT2D eigenvalue weighted by molar-refractivity contribution is 6.33. The van der Waals surface area contributed by atoms with E-state index in [0.717, 1.165) is 60.7 Å². The average Bonchev–Trinajstić information content (AvgIpc) is 3.31. The number of aromatic nitrogens is 5. The zero-order chi connectivity index (χ0) is 27.4. The molecule has 11 heteroatoms. The molecular weight excluding hydrogens is 521 g/mol. The number of aliphatic hydroxyl groups excluding tert-OH is 1. The van der Waals surface area contributed by atoms with E-state index in [1.54, 1.807) is 42.7 Å². The number of nitrogens with one attached hydrogen (secondary N) is 2. The molecule has 1 aliphatic rings. The van der Waals surface area contributed by atoms with Crippen LogP contribution in [-0.2, 0) is 0 Å². The number of aryl methyl sites for hydroxylation is 2. The molecule has 3 aromatic heterocycles. The number of aromatic amines is 1. The van der Waals surface area contributed by atoms with Gasteiger partial charge in [0.1, 0.15) is 17.4 Å². The number of β-amino-alcohol motifs (C(OH)–C–C–N with tert-alkyl or cyclic N) is 1. The van der Waals surface area contributed by atoms with E-state index in [2.05, 4.69) is 35.1 Å². The van der Waals surface area contributed by atoms with Gasteiger partial charge in [0.15, 0.2) is 0 Å². The average molecular weight is 550 g/mol. The number of rotatable bonds is 5. The lowest BCUT2D eigenvalue weighted by atomic mass is 10.0. The fourth-order valence-corrected chi connectivity index (χ4v) is 4.72. The van der Waals surface area contributed by atoms with Crippen LogP contribution >= 0.6 is 11.6 Å². The van der Waals surface area contributed by atoms with Crippen LogP contribution in [-0.4, -0.2) is 74.3 Å². The molecule has 0 atom stereocenters. The third-order valence-electron chi connectivity index (χ3n) is 6.36. The number of imidazole rings is 1. The molecule has 0 bridgehead atoms. The molecule has 0 radical (unpaired) electrons. The maximum absolute atomic E-state index is 14.9. The zero-order valence-electron chi connectivity index (χ0n) is 21.7. The van der Waals surface area contributed by atoms with Gasteiger partial charge in [-0.05, 0) is 38.1 Å². The predicted molar refractivity (Wildman–Crippen MR) is 150 cm³/mol. The van der Waals surface area contributed by atoms with Crippen LogP contribution in [0.25, 0.3) is 33.1 Å². The fraction of sp³-hybridized carbons (Fsp3) is 0.286. The summed E-state index contributed by atoms with van der Waals surface area (Å²) < 4.78 is 20.6. The van der Waals surface area contributed by atoms with E-state index < -0.39 is 5.82 Å². The van der Waals surface area contributed by atoms with Crippen LogP contribution in [0.1, 0.15) is 11.5 Å². The van der Waals surface area contributed by atoms with Gasteiger partial charge in [0.2, 0.25) is 0 Å². The van der Waals surface area contributed by atoms with Crippen LogP contribution in [0.15, 0.2) is 48.8 Å². The second kappa shape index (κ2) is 12.0. The maximum atomic E-state index is 14.9. The molecule has 9 nitrogen and oxygen atoms in total. The maximum Gasteiger partial charge on any atom is 0.322 e. The Morgan fingerprint density at radius 3 is 2.62 bits per heavy atom. The summed E-state index contributed by atoms with van der Waals surface area (Å²) in [6, 6.07) is 10.1. The Bertz CT molecular complexity index is 1600. The predicted octanol–water partition coefficient (Wildman–Crippen LogP) is 4.65. The lowest BCUT2D eigenvalue weighted by molar-refractivity contribution is 0.180. The molecule has 0 aliphatic carbocycles. The Morgan fingerprint density at radius 2 is 1.87 bits per heavy atom. The monoisotopic (exact) mass is 549 g/mol. The largest absolute Gasteiger partial charge is 0.424 e. The zero-order valence-corrected chi connectivity index (χ0v) is 22.5. The molecule has 3 N–H and O–H groups in total. The van der Waals surface area contributed by atoms with E-state index in [0.29, 0.717) is 34.0 Å². The first-order valence-corrected chi connectivity index (χ1v) is 13.0. The Morgan fingerprint density at radius 1 is 1.05 bits per heavy atom. The van der Waals surface area contributed by atoms with Gasteiger partial charge in [0.05, 0.1) is 34.4 Å². The lowest BCUT2D eigenvalue weighted by Crippen LogP contribution is -2.44. The van der Waals surface area contributed by atoms with Gasteiger partial charge >= 0.3 is 6.01 Å². The van der Waals surface area contributed by atoms with E-state index in [1.807, 2.05) is 13.8 Å². The molecule has 1 fully saturated rings. The number of piperazine rings is 1. The van der Waals surface area contributed by atoms with Crippen molar-refractivity contribution in [1.29, 1.82) is 0 Å². The summed E-state index contributed by atoms with van der Waals surface area (Å²) in [4.78, 5) is 22.5. The number of benzene rings is 2. The van der Waals surface area contributed by atoms with Crippen molar-refractivity contribution in [1.82, 2.24) is 35.1 Å². The first kappa shape index (κ1) is 26.9. The van der Waals surface area contributed by atoms with Gasteiger partial charge in [-0.1, -0.05) is 11.6 Å². The first-order valence-electron chi connectivity index (χ1n) is 12.7. The second-order valence-electron chi connectivity index (χ2n) is 9.23. The number of pyridine rings is 1. The van der Waals surface area contributed by atoms with Gasteiger partial charge in [0.25, 0.3) is 0 Å². The number of halogens is 2. The molecule has 39 heavy (non-hydrogen) atoms. The summed E-state index contributed by atoms with van der Waals surface area (Å²) >= 11 is 6.48. The number of aliphatic hydroxyl groups is 1. The van der Waals surface area contributed by atoms with Crippen molar-refractivity contribution >= 4 is 33.5 Å². The number of hydrogen-bond donors (Lipinski definition) is 3. The third-order valence-corrected chi connectivity index (χ3v) is 6.67. The van der Waals surface area contributed by atoms with Crippen molar-refractivity contribution in [2.45, 2.75) is 13.8 Å². The van der Waals surface area contributed by atoms with Gasteiger partial charge in [-0.3, -0.25) is 9.88 Å². The Hall–Kier alpha value is -3.70. The Labute approximate surface area is 230 Å². The molecule has 6 rings (SSSR count). The van der Waals surface area contributed by atoms with Crippen LogP contribution < -0.4 is 10.1 Å². The molecule has 1 saturated heterocycles. The molecule has 202 valence electrons. The second-order valence-corrected chi connectivity index (χ2v) is 9.64. The van der Waals surface area contributed by atoms with Crippen LogP contribution in [0.4, 0.5) is 4.39 Å². The quantitative estimate of drug-likeness (QED) is 0.290. The van der Waals surface area contributed by atoms with Crippen molar-refractivity contribution < 1.29 is 14.2 Å². The third kappa shape index (κ3) is 6.31. The molecular formula is C28H29ClFN7O2. The van der Waals surface area contributed by atoms with E-state index in [1.165, 1.54) is 6.07 Å². The van der Waals surface area contributed by atoms with Crippen molar-refractivity contribution in [3.05, 3.63) is 71.2 Å². The summed E-state index contributed by atoms with van der Waals surface area (Å²) in [5.41, 5.74) is 3.76. The first-order chi connectivity index (χ1) is 18.9. The number of hydrogen-bond acceptors (Lipinski definition) is 8. The van der Waals surface area contributed by atoms with E-state index in [-0.39, 0.29) is 6.01 Å². The van der Waals surface area contributed by atoms with Crippen molar-refractivity contribution in [2.75, 3.05) is 39.3 Å². The SMILES string of the molecule is Cc1ccnc(Oc2ccc(-c3cc4c(cc3F)ncc3[nH]c(C)nc34)c(Cl)c2)n1.OCCN1CCNCC1. The minimum absolute atomic E-state index is 0.220. The summed E-state index contributed by atoms with van der Waals surface area (Å²) in [6.07, 6.45) is 3.27. The molecule has 4 heterocycles. The summed E-state index contributed by atoms with van der Waals surface area (Å²) in [5, 5.41) is 12.9. The van der Waals surface area contributed by atoms with Crippen LogP contribution in [0.5, 0.6) is 11.8 Å². The minimum Gasteiger partial charge on any atom is -0.424 e. The van der Waals surface area contributed by atoms with E-state index >= 15 is 0 Å². The van der Waals surface area contributed by atoms with Gasteiger partial charge < -0.3 is 20.1 Å². The normalized spacial score (nSPS) is 13.9. The molecule has 0 spiro atoms. The highest BCUT2D eigenvalue weighted by atomic mass is 35.5. The van der Waals surface area contributed by atoms with Crippen LogP contribution in [0.3, 0.4) is 0 Å². The number of H-pyrrole nitrogens is 1. The Kier molecular flexibility index (Phi) is 8.27. The fourth-order valence-electron chi connectivity index (χ4n) is 4.44. The van der Waals surface area contributed by atoms with Gasteiger partial charge in [-0.25, -0.2) is 19.3 Å². The number of fused-ring (bicyclic) bond motifs is 3. The number of nitrogens with zero attached hydrogens (tertiary/aromatic N) is 5. The Balaban J connectivity index is 0.000000292. The van der Waals surface area contributed by atoms with E-state index in [9.17, 15) is 4.39 Å². The highest BCUT2D eigenvalue weighted by Crippen LogP contribution is 2.36. The van der Waals surface area contributed by atoms with E-state index in [4.69, 9.17) is 21.4 Å². The molecule has 2 aromatic carbocycles. The van der Waals surface area contributed by atoms with Crippen molar-refractivity contribution in [3.8, 4) is 22.9 Å². The summed E-state index contributed by atoms with van der Waals surface area (Å²) in [5.74, 6) is 0.810. The van der Waals surface area contributed by atoms with Gasteiger partial charge in [-0.2, -0.15) is 0 Å². The molecule has 0 saturated carbocycles. The van der Waals surface area contributed by atoms with Crippen LogP contribution in [0.2, 0.25) is 5.02 Å². The summed E-state index contributed by atoms with van der Waals surface area (Å²) in [6.45, 7) is 9.15. The minimum atomic E-state index is -0.417. The lowest BCUT2D eigenvalue weighted by Gasteiger charge is -2.25. The summed E-state index contributed by atoms with van der Waals surface area (Å²) in [7, 11) is 0. The van der Waals surface area contributed by atoms with Crippen molar-refractivity contribution in [2.24, 2.45) is 0 Å². The van der Waals surface area contributed by atoms with Gasteiger partial charge in [-0.15, -0.1) is 0 Å². The number of ether oxygens (including phenoxy) is 1. The smallest absolute Gasteiger partial charge is 0.322 e. The molecule has 5 aromatic rings. The van der Waals surface area contributed by atoms with Crippen LogP contribution in [0, 0.1) is 19.7 Å².